The third-order valence-corrected chi connectivity index (χ3v) is 5.83. The Morgan fingerprint density at radius 2 is 1.92 bits per heavy atom. The van der Waals surface area contributed by atoms with Crippen LogP contribution < -0.4 is 5.32 Å². The maximum Gasteiger partial charge on any atom is 0.305 e. The summed E-state index contributed by atoms with van der Waals surface area (Å²) < 4.78 is 0. The number of carboxylic acid groups (broad SMARTS) is 1. The Morgan fingerprint density at radius 1 is 1.24 bits per heavy atom. The molecule has 132 valence electrons. The molecule has 1 heterocycles. The van der Waals surface area contributed by atoms with E-state index in [1.807, 2.05) is 37.3 Å². The zero-order chi connectivity index (χ0) is 17.9. The molecule has 6 heteroatoms. The van der Waals surface area contributed by atoms with E-state index in [1.165, 1.54) is 11.3 Å². The summed E-state index contributed by atoms with van der Waals surface area (Å²) in [4.78, 5) is 29.0. The van der Waals surface area contributed by atoms with Crippen LogP contribution in [0.15, 0.2) is 30.3 Å². The highest BCUT2D eigenvalue weighted by atomic mass is 32.1. The second kappa shape index (κ2) is 7.35. The molecule has 25 heavy (non-hydrogen) atoms. The Labute approximate surface area is 151 Å². The van der Waals surface area contributed by atoms with E-state index < -0.39 is 11.5 Å². The van der Waals surface area contributed by atoms with Crippen LogP contribution in [0.2, 0.25) is 0 Å². The lowest BCUT2D eigenvalue weighted by Gasteiger charge is -2.28. The number of hydrogen-bond donors (Lipinski definition) is 2. The normalized spacial score (nSPS) is 15.9. The van der Waals surface area contributed by atoms with Gasteiger partial charge in [-0.05, 0) is 25.3 Å². The van der Waals surface area contributed by atoms with E-state index in [0.29, 0.717) is 17.0 Å². The molecule has 2 N–H and O–H groups in total. The fourth-order valence-corrected chi connectivity index (χ4v) is 4.49. The van der Waals surface area contributed by atoms with Gasteiger partial charge in [0, 0.05) is 6.42 Å². The molecule has 1 aromatic heterocycles. The number of benzene rings is 1. The van der Waals surface area contributed by atoms with E-state index in [9.17, 15) is 14.7 Å². The summed E-state index contributed by atoms with van der Waals surface area (Å²) in [6.07, 6.45) is 4.02. The largest absolute Gasteiger partial charge is 0.481 e. The zero-order valence-electron chi connectivity index (χ0n) is 14.2. The lowest BCUT2D eigenvalue weighted by atomic mass is 9.93. The number of carboxylic acids is 1. The summed E-state index contributed by atoms with van der Waals surface area (Å²) in [6, 6.07) is 10.0. The predicted molar refractivity (Wildman–Crippen MR) is 97.0 cm³/mol. The molecule has 1 aromatic carbocycles. The number of aromatic nitrogens is 1. The second-order valence-electron chi connectivity index (χ2n) is 6.70. The van der Waals surface area contributed by atoms with Gasteiger partial charge in [-0.25, -0.2) is 4.98 Å². The van der Waals surface area contributed by atoms with Gasteiger partial charge in [0.25, 0.3) is 5.91 Å². The first-order valence-electron chi connectivity index (χ1n) is 8.52. The van der Waals surface area contributed by atoms with Gasteiger partial charge < -0.3 is 10.4 Å². The highest BCUT2D eigenvalue weighted by Gasteiger charge is 2.38. The van der Waals surface area contributed by atoms with Crippen LogP contribution in [0.1, 0.15) is 58.0 Å². The van der Waals surface area contributed by atoms with Gasteiger partial charge >= 0.3 is 5.97 Å². The lowest BCUT2D eigenvalue weighted by Crippen LogP contribution is -2.47. The molecule has 3 rings (SSSR count). The van der Waals surface area contributed by atoms with Gasteiger partial charge in [0.2, 0.25) is 0 Å². The molecular formula is C19H22N2O3S. The molecule has 5 nitrogen and oxygen atoms in total. The van der Waals surface area contributed by atoms with Crippen molar-refractivity contribution in [3.8, 4) is 0 Å². The van der Waals surface area contributed by atoms with Crippen LogP contribution in [-0.2, 0) is 11.2 Å². The molecular weight excluding hydrogens is 336 g/mol. The number of thiazole rings is 1. The minimum absolute atomic E-state index is 0.0204. The highest BCUT2D eigenvalue weighted by molar-refractivity contribution is 7.13. The fraction of sp³-hybridized carbons (Fsp3) is 0.421. The zero-order valence-corrected chi connectivity index (χ0v) is 15.1. The molecule has 0 bridgehead atoms. The molecule has 2 aromatic rings. The van der Waals surface area contributed by atoms with E-state index in [1.54, 1.807) is 0 Å². The van der Waals surface area contributed by atoms with Crippen molar-refractivity contribution >= 4 is 23.2 Å². The van der Waals surface area contributed by atoms with Crippen molar-refractivity contribution in [1.82, 2.24) is 10.3 Å². The Balaban J connectivity index is 1.74. The number of nitrogens with zero attached hydrogens (tertiary/aromatic N) is 1. The Kier molecular flexibility index (Phi) is 5.18. The molecule has 0 radical (unpaired) electrons. The number of amides is 1. The third-order valence-electron chi connectivity index (χ3n) is 4.67. The van der Waals surface area contributed by atoms with Crippen LogP contribution in [0.25, 0.3) is 0 Å². The molecule has 0 atom stereocenters. The Morgan fingerprint density at radius 3 is 2.56 bits per heavy atom. The van der Waals surface area contributed by atoms with E-state index in [2.05, 4.69) is 10.3 Å². The van der Waals surface area contributed by atoms with E-state index >= 15 is 0 Å². The maximum atomic E-state index is 12.7. The highest BCUT2D eigenvalue weighted by Crippen LogP contribution is 2.33. The van der Waals surface area contributed by atoms with Crippen molar-refractivity contribution < 1.29 is 14.7 Å². The first-order chi connectivity index (χ1) is 12.0. The second-order valence-corrected chi connectivity index (χ2v) is 7.78. The molecule has 0 spiro atoms. The summed E-state index contributed by atoms with van der Waals surface area (Å²) >= 11 is 1.39. The van der Waals surface area contributed by atoms with Crippen LogP contribution in [0.3, 0.4) is 0 Å². The standard InChI is InChI=1S/C19H22N2O3S/c1-13-17(25-15(20-13)11-14-7-3-2-4-8-14)18(24)21-19(12-16(22)23)9-5-6-10-19/h2-4,7-8H,5-6,9-12H2,1H3,(H,21,24)(H,22,23). The maximum absolute atomic E-state index is 12.7. The first-order valence-corrected chi connectivity index (χ1v) is 9.34. The summed E-state index contributed by atoms with van der Waals surface area (Å²) in [5.74, 6) is -1.06. The number of carbonyl (C=O) groups is 2. The molecule has 1 saturated carbocycles. The van der Waals surface area contributed by atoms with Gasteiger partial charge in [0.1, 0.15) is 4.88 Å². The average molecular weight is 358 g/mol. The molecule has 1 aliphatic carbocycles. The van der Waals surface area contributed by atoms with Crippen LogP contribution in [0.5, 0.6) is 0 Å². The number of aryl methyl sites for hydroxylation is 1. The van der Waals surface area contributed by atoms with Crippen molar-refractivity contribution in [3.63, 3.8) is 0 Å². The van der Waals surface area contributed by atoms with Gasteiger partial charge in [-0.3, -0.25) is 9.59 Å². The van der Waals surface area contributed by atoms with Crippen molar-refractivity contribution in [3.05, 3.63) is 51.5 Å². The Hall–Kier alpha value is -2.21. The molecule has 0 saturated heterocycles. The number of hydrogen-bond acceptors (Lipinski definition) is 4. The fourth-order valence-electron chi connectivity index (χ4n) is 3.49. The minimum Gasteiger partial charge on any atom is -0.481 e. The van der Waals surface area contributed by atoms with E-state index in [0.717, 1.165) is 36.3 Å². The van der Waals surface area contributed by atoms with Crippen molar-refractivity contribution in [2.45, 2.75) is 51.0 Å². The van der Waals surface area contributed by atoms with Crippen molar-refractivity contribution in [2.24, 2.45) is 0 Å². The van der Waals surface area contributed by atoms with Gasteiger partial charge in [-0.2, -0.15) is 0 Å². The molecule has 1 amide bonds. The quantitative estimate of drug-likeness (QED) is 0.827. The molecule has 1 fully saturated rings. The van der Waals surface area contributed by atoms with Gasteiger partial charge in [0.15, 0.2) is 0 Å². The van der Waals surface area contributed by atoms with Gasteiger partial charge in [-0.1, -0.05) is 43.2 Å². The minimum atomic E-state index is -0.868. The summed E-state index contributed by atoms with van der Waals surface area (Å²) in [5.41, 5.74) is 1.25. The third kappa shape index (κ3) is 4.25. The van der Waals surface area contributed by atoms with E-state index in [-0.39, 0.29) is 12.3 Å². The number of aliphatic carboxylic acids is 1. The summed E-state index contributed by atoms with van der Waals surface area (Å²) in [7, 11) is 0. The van der Waals surface area contributed by atoms with Crippen LogP contribution in [0, 0.1) is 6.92 Å². The average Bonchev–Trinajstić information content (AvgIpc) is 3.14. The van der Waals surface area contributed by atoms with E-state index in [4.69, 9.17) is 0 Å². The topological polar surface area (TPSA) is 79.3 Å². The first kappa shape index (κ1) is 17.6. The smallest absolute Gasteiger partial charge is 0.305 e. The van der Waals surface area contributed by atoms with Crippen LogP contribution >= 0.6 is 11.3 Å². The number of carbonyl (C=O) groups excluding carboxylic acids is 1. The van der Waals surface area contributed by atoms with Crippen molar-refractivity contribution in [1.29, 1.82) is 0 Å². The van der Waals surface area contributed by atoms with Gasteiger partial charge in [-0.15, -0.1) is 11.3 Å². The molecule has 1 aliphatic rings. The SMILES string of the molecule is Cc1nc(Cc2ccccc2)sc1C(=O)NC1(CC(=O)O)CCCC1. The van der Waals surface area contributed by atoms with Crippen LogP contribution in [-0.4, -0.2) is 27.5 Å². The van der Waals surface area contributed by atoms with Crippen molar-refractivity contribution in [2.75, 3.05) is 0 Å². The summed E-state index contributed by atoms with van der Waals surface area (Å²) in [5, 5.41) is 13.1. The van der Waals surface area contributed by atoms with Gasteiger partial charge in [0.05, 0.1) is 22.7 Å². The number of nitrogens with one attached hydrogen (secondary N) is 1. The van der Waals surface area contributed by atoms with Crippen LogP contribution in [0.4, 0.5) is 0 Å². The Bertz CT molecular complexity index is 764. The number of rotatable bonds is 6. The molecule has 0 aliphatic heterocycles. The monoisotopic (exact) mass is 358 g/mol. The molecule has 0 unspecified atom stereocenters. The summed E-state index contributed by atoms with van der Waals surface area (Å²) in [6.45, 7) is 1.83. The lowest BCUT2D eigenvalue weighted by molar-refractivity contribution is -0.138. The predicted octanol–water partition coefficient (Wildman–Crippen LogP) is 3.56.